The van der Waals surface area contributed by atoms with Gasteiger partial charge in [-0.05, 0) is 68.2 Å². The smallest absolute Gasteiger partial charge is 0.224 e. The lowest BCUT2D eigenvalue weighted by Crippen LogP contribution is -2.30. The molecule has 1 fully saturated rings. The molecule has 1 amide bonds. The van der Waals surface area contributed by atoms with E-state index < -0.39 is 0 Å². The second-order valence-corrected chi connectivity index (χ2v) is 5.89. The molecule has 0 saturated carbocycles. The second kappa shape index (κ2) is 7.79. The van der Waals surface area contributed by atoms with Crippen molar-refractivity contribution < 1.29 is 9.53 Å². The van der Waals surface area contributed by atoms with E-state index in [0.29, 0.717) is 12.3 Å². The Bertz CT molecular complexity index is 620. The highest BCUT2D eigenvalue weighted by Gasteiger charge is 2.16. The summed E-state index contributed by atoms with van der Waals surface area (Å²) in [7, 11) is 0. The Kier molecular flexibility index (Phi) is 5.27. The zero-order valence-electron chi connectivity index (χ0n) is 13.1. The number of hydrogen-bond donors (Lipinski definition) is 2. The predicted octanol–water partition coefficient (Wildman–Crippen LogP) is 3.81. The third-order valence-electron chi connectivity index (χ3n) is 4.05. The monoisotopic (exact) mass is 310 g/mol. The van der Waals surface area contributed by atoms with Crippen LogP contribution >= 0.6 is 0 Å². The Labute approximate surface area is 136 Å². The normalized spacial score (nSPS) is 15.1. The molecular weight excluding hydrogens is 288 g/mol. The molecule has 1 aliphatic rings. The van der Waals surface area contributed by atoms with Crippen molar-refractivity contribution in [2.75, 3.05) is 18.4 Å². The molecule has 2 aromatic carbocycles. The number of nitrogens with one attached hydrogen (secondary N) is 2. The van der Waals surface area contributed by atoms with Crippen LogP contribution in [0.3, 0.4) is 0 Å². The summed E-state index contributed by atoms with van der Waals surface area (Å²) in [5.41, 5.74) is 0.810. The first-order chi connectivity index (χ1) is 11.3. The van der Waals surface area contributed by atoms with Crippen molar-refractivity contribution in [3.8, 4) is 11.5 Å². The van der Waals surface area contributed by atoms with E-state index in [1.807, 2.05) is 54.6 Å². The van der Waals surface area contributed by atoms with Crippen molar-refractivity contribution >= 4 is 11.6 Å². The molecule has 0 spiro atoms. The summed E-state index contributed by atoms with van der Waals surface area (Å²) in [6.07, 6.45) is 2.76. The number of hydrogen-bond acceptors (Lipinski definition) is 3. The van der Waals surface area contributed by atoms with Crippen LogP contribution in [0.15, 0.2) is 54.6 Å². The Morgan fingerprint density at radius 3 is 2.35 bits per heavy atom. The van der Waals surface area contributed by atoms with Crippen LogP contribution in [-0.4, -0.2) is 19.0 Å². The molecule has 0 aromatic heterocycles. The zero-order valence-corrected chi connectivity index (χ0v) is 13.1. The standard InChI is InChI=1S/C19H22N2O2/c22-19(14-15-10-12-20-13-11-15)21-16-6-8-18(9-7-16)23-17-4-2-1-3-5-17/h1-9,15,20H,10-14H2,(H,21,22). The van der Waals surface area contributed by atoms with Crippen molar-refractivity contribution in [3.63, 3.8) is 0 Å². The Morgan fingerprint density at radius 2 is 1.65 bits per heavy atom. The molecule has 4 nitrogen and oxygen atoms in total. The molecule has 2 aromatic rings. The molecular formula is C19H22N2O2. The van der Waals surface area contributed by atoms with Gasteiger partial charge in [-0.25, -0.2) is 0 Å². The van der Waals surface area contributed by atoms with Crippen LogP contribution in [0.2, 0.25) is 0 Å². The highest BCUT2D eigenvalue weighted by Crippen LogP contribution is 2.23. The van der Waals surface area contributed by atoms with Gasteiger partial charge < -0.3 is 15.4 Å². The maximum absolute atomic E-state index is 12.1. The number of para-hydroxylation sites is 1. The van der Waals surface area contributed by atoms with E-state index in [0.717, 1.165) is 43.1 Å². The lowest BCUT2D eigenvalue weighted by atomic mass is 9.94. The third kappa shape index (κ3) is 4.83. The van der Waals surface area contributed by atoms with E-state index >= 15 is 0 Å². The minimum Gasteiger partial charge on any atom is -0.457 e. The van der Waals surface area contributed by atoms with E-state index in [1.54, 1.807) is 0 Å². The van der Waals surface area contributed by atoms with E-state index in [-0.39, 0.29) is 5.91 Å². The van der Waals surface area contributed by atoms with Gasteiger partial charge in [0.25, 0.3) is 0 Å². The van der Waals surface area contributed by atoms with Gasteiger partial charge >= 0.3 is 0 Å². The molecule has 4 heteroatoms. The minimum absolute atomic E-state index is 0.0913. The molecule has 1 saturated heterocycles. The van der Waals surface area contributed by atoms with Crippen LogP contribution in [0.5, 0.6) is 11.5 Å². The first-order valence-electron chi connectivity index (χ1n) is 8.13. The summed E-state index contributed by atoms with van der Waals surface area (Å²) in [6.45, 7) is 2.03. The maximum atomic E-state index is 12.1. The highest BCUT2D eigenvalue weighted by molar-refractivity contribution is 5.90. The SMILES string of the molecule is O=C(CC1CCNCC1)Nc1ccc(Oc2ccccc2)cc1. The first kappa shape index (κ1) is 15.6. The Morgan fingerprint density at radius 1 is 1.00 bits per heavy atom. The summed E-state index contributed by atoms with van der Waals surface area (Å²) >= 11 is 0. The third-order valence-corrected chi connectivity index (χ3v) is 4.05. The van der Waals surface area contributed by atoms with Gasteiger partial charge in [0.05, 0.1) is 0 Å². The molecule has 1 heterocycles. The van der Waals surface area contributed by atoms with Gasteiger partial charge in [-0.15, -0.1) is 0 Å². The van der Waals surface area contributed by atoms with Gasteiger partial charge in [0.2, 0.25) is 5.91 Å². The number of carbonyl (C=O) groups excluding carboxylic acids is 1. The Hall–Kier alpha value is -2.33. The fourth-order valence-electron chi connectivity index (χ4n) is 2.79. The first-order valence-corrected chi connectivity index (χ1v) is 8.13. The minimum atomic E-state index is 0.0913. The fraction of sp³-hybridized carbons (Fsp3) is 0.316. The Balaban J connectivity index is 1.51. The molecule has 23 heavy (non-hydrogen) atoms. The lowest BCUT2D eigenvalue weighted by Gasteiger charge is -2.21. The van der Waals surface area contributed by atoms with Gasteiger partial charge in [0.1, 0.15) is 11.5 Å². The van der Waals surface area contributed by atoms with E-state index in [9.17, 15) is 4.79 Å². The largest absolute Gasteiger partial charge is 0.457 e. The fourth-order valence-corrected chi connectivity index (χ4v) is 2.79. The van der Waals surface area contributed by atoms with Crippen molar-refractivity contribution in [1.29, 1.82) is 0 Å². The molecule has 3 rings (SSSR count). The van der Waals surface area contributed by atoms with Crippen molar-refractivity contribution in [2.24, 2.45) is 5.92 Å². The van der Waals surface area contributed by atoms with Crippen molar-refractivity contribution in [1.82, 2.24) is 5.32 Å². The predicted molar refractivity (Wildman–Crippen MR) is 91.8 cm³/mol. The number of amides is 1. The van der Waals surface area contributed by atoms with Crippen molar-refractivity contribution in [2.45, 2.75) is 19.3 Å². The molecule has 120 valence electrons. The maximum Gasteiger partial charge on any atom is 0.224 e. The number of ether oxygens (including phenoxy) is 1. The summed E-state index contributed by atoms with van der Waals surface area (Å²) in [5, 5.41) is 6.28. The van der Waals surface area contributed by atoms with Crippen LogP contribution < -0.4 is 15.4 Å². The molecule has 0 radical (unpaired) electrons. The lowest BCUT2D eigenvalue weighted by molar-refractivity contribution is -0.117. The van der Waals surface area contributed by atoms with Crippen LogP contribution in [0.4, 0.5) is 5.69 Å². The highest BCUT2D eigenvalue weighted by atomic mass is 16.5. The molecule has 0 bridgehead atoms. The second-order valence-electron chi connectivity index (χ2n) is 5.89. The summed E-state index contributed by atoms with van der Waals surface area (Å²) in [5.74, 6) is 2.15. The van der Waals surface area contributed by atoms with Crippen molar-refractivity contribution in [3.05, 3.63) is 54.6 Å². The number of benzene rings is 2. The molecule has 2 N–H and O–H groups in total. The van der Waals surface area contributed by atoms with Crippen LogP contribution in [-0.2, 0) is 4.79 Å². The number of carbonyl (C=O) groups is 1. The van der Waals surface area contributed by atoms with Crippen LogP contribution in [0, 0.1) is 5.92 Å². The number of rotatable bonds is 5. The van der Waals surface area contributed by atoms with Crippen LogP contribution in [0.25, 0.3) is 0 Å². The number of piperidine rings is 1. The van der Waals surface area contributed by atoms with Gasteiger partial charge in [-0.2, -0.15) is 0 Å². The van der Waals surface area contributed by atoms with Gasteiger partial charge in [-0.1, -0.05) is 18.2 Å². The average Bonchev–Trinajstić information content (AvgIpc) is 2.58. The van der Waals surface area contributed by atoms with Gasteiger partial charge in [0.15, 0.2) is 0 Å². The topological polar surface area (TPSA) is 50.4 Å². The number of anilines is 1. The molecule has 0 atom stereocenters. The zero-order chi connectivity index (χ0) is 15.9. The van der Waals surface area contributed by atoms with E-state index in [2.05, 4.69) is 10.6 Å². The summed E-state index contributed by atoms with van der Waals surface area (Å²) in [6, 6.07) is 17.1. The van der Waals surface area contributed by atoms with Crippen LogP contribution in [0.1, 0.15) is 19.3 Å². The summed E-state index contributed by atoms with van der Waals surface area (Å²) < 4.78 is 5.74. The average molecular weight is 310 g/mol. The van der Waals surface area contributed by atoms with Gasteiger partial charge in [-0.3, -0.25) is 4.79 Å². The molecule has 0 unspecified atom stereocenters. The molecule has 1 aliphatic heterocycles. The molecule has 0 aliphatic carbocycles. The van der Waals surface area contributed by atoms with Gasteiger partial charge in [0, 0.05) is 12.1 Å². The summed E-state index contributed by atoms with van der Waals surface area (Å²) in [4.78, 5) is 12.1. The van der Waals surface area contributed by atoms with E-state index in [1.165, 1.54) is 0 Å². The quantitative estimate of drug-likeness (QED) is 0.883. The van der Waals surface area contributed by atoms with E-state index in [4.69, 9.17) is 4.74 Å².